The van der Waals surface area contributed by atoms with E-state index < -0.39 is 79.5 Å². The van der Waals surface area contributed by atoms with Gasteiger partial charge in [-0.25, -0.2) is 29.4 Å². The predicted octanol–water partition coefficient (Wildman–Crippen LogP) is 9.99. The zero-order chi connectivity index (χ0) is 55.5. The fourth-order valence-corrected chi connectivity index (χ4v) is 11.1. The molecule has 0 aliphatic heterocycles. The second-order valence-corrected chi connectivity index (χ2v) is 22.1. The number of phenols is 1. The van der Waals surface area contributed by atoms with Crippen molar-refractivity contribution in [1.82, 2.24) is 15.0 Å². The minimum atomic E-state index is -5.27. The summed E-state index contributed by atoms with van der Waals surface area (Å²) >= 11 is 7.49. The van der Waals surface area contributed by atoms with Crippen molar-refractivity contribution in [2.75, 3.05) is 28.7 Å². The summed E-state index contributed by atoms with van der Waals surface area (Å²) in [5.74, 6) is -1.65. The Labute approximate surface area is 452 Å². The monoisotopic (exact) mass is 1220 g/mol. The Morgan fingerprint density at radius 1 is 0.623 bits per heavy atom. The molecule has 7 rings (SSSR count). The number of azo groups is 2. The molecule has 1 aromatic heterocycles. The van der Waals surface area contributed by atoms with E-state index in [0.717, 1.165) is 18.2 Å². The van der Waals surface area contributed by atoms with Crippen molar-refractivity contribution in [1.29, 1.82) is 0 Å². The Hall–Kier alpha value is -5.81. The van der Waals surface area contributed by atoms with Crippen LogP contribution in [0.1, 0.15) is 0 Å². The minimum absolute atomic E-state index is 0.0260. The fourth-order valence-electron chi connectivity index (χ4n) is 6.58. The molecule has 0 unspecified atom stereocenters. The van der Waals surface area contributed by atoms with Crippen LogP contribution in [0.25, 0.3) is 21.5 Å². The minimum Gasteiger partial charge on any atom is -0.505 e. The fraction of sp³-hybridized carbons (Fsp3) is 0.0541. The van der Waals surface area contributed by atoms with Crippen LogP contribution in [0.15, 0.2) is 135 Å². The van der Waals surface area contributed by atoms with Gasteiger partial charge >= 0.3 is 0 Å². The number of aromatic nitrogens is 3. The van der Waals surface area contributed by atoms with Crippen molar-refractivity contribution in [3.63, 3.8) is 0 Å². The molecule has 0 bridgehead atoms. The molecule has 0 aliphatic rings. The van der Waals surface area contributed by atoms with Gasteiger partial charge in [-0.3, -0.25) is 13.3 Å². The van der Waals surface area contributed by atoms with Crippen molar-refractivity contribution >= 4 is 163 Å². The number of hydrogen-bond donors (Lipinski definition) is 10. The molecule has 0 aliphatic carbocycles. The molecule has 0 saturated carbocycles. The van der Waals surface area contributed by atoms with Crippen LogP contribution in [-0.2, 0) is 71.7 Å². The van der Waals surface area contributed by atoms with Crippen molar-refractivity contribution < 1.29 is 102 Å². The van der Waals surface area contributed by atoms with E-state index in [1.54, 1.807) is 0 Å². The highest BCUT2D eigenvalue weighted by Gasteiger charge is 2.27. The smallest absolute Gasteiger partial charge is 0.297 e. The largest absolute Gasteiger partial charge is 0.505 e. The summed E-state index contributed by atoms with van der Waals surface area (Å²) in [4.78, 5) is 10.5. The molecule has 408 valence electrons. The van der Waals surface area contributed by atoms with E-state index in [1.165, 1.54) is 66.7 Å². The van der Waals surface area contributed by atoms with E-state index in [0.29, 0.717) is 29.8 Å². The third-order valence-electron chi connectivity index (χ3n) is 9.61. The lowest BCUT2D eigenvalue weighted by Gasteiger charge is -2.14. The standard InChI is InChI=1S/C37H29ClN10O22S7/c38-35-42-36(40-18-4-7-20(8-5-18)75(54,55)13-12-62-74-70-66-53)44-37(43-35)41-19-6-11-26(72-68-64-51)24(16-19)46-48-32-28(76(56,57)58)15-17-14-27(73-69-65-52)31(33(49)29(17)30(32)39)47-45-23-10-9-21-22(34(23)77(59,60)61)2-1-3-25(21)71-67-63-50/h1-11,14-16,49-53H,12-13,39H2,(H,56,57,58)(H,59,60,61)(H2,40,41,42,43,44). The molecule has 7 aromatic rings. The summed E-state index contributed by atoms with van der Waals surface area (Å²) in [6.07, 6.45) is 0. The Bertz CT molecular complexity index is 3730. The lowest BCUT2D eigenvalue weighted by atomic mass is 10.1. The van der Waals surface area contributed by atoms with Crippen molar-refractivity contribution in [3.05, 3.63) is 90.2 Å². The van der Waals surface area contributed by atoms with Crippen LogP contribution in [0.2, 0.25) is 5.28 Å². The lowest BCUT2D eigenvalue weighted by molar-refractivity contribution is -0.434. The number of nitrogen functional groups attached to an aromatic ring is 1. The molecule has 0 atom stereocenters. The van der Waals surface area contributed by atoms with Crippen LogP contribution in [-0.4, -0.2) is 87.8 Å². The highest BCUT2D eigenvalue weighted by Crippen LogP contribution is 2.50. The number of anilines is 5. The Morgan fingerprint density at radius 2 is 1.23 bits per heavy atom. The van der Waals surface area contributed by atoms with Gasteiger partial charge in [-0.1, -0.05) is 38.4 Å². The summed E-state index contributed by atoms with van der Waals surface area (Å²) in [6.45, 7) is -0.307. The van der Waals surface area contributed by atoms with E-state index in [4.69, 9.17) is 42.5 Å². The zero-order valence-corrected chi connectivity index (χ0v) is 43.7. The number of halogens is 1. The number of aromatic hydroxyl groups is 1. The average Bonchev–Trinajstić information content (AvgIpc) is 3.39. The lowest BCUT2D eigenvalue weighted by Crippen LogP contribution is -2.11. The molecule has 77 heavy (non-hydrogen) atoms. The normalized spacial score (nSPS) is 12.4. The summed E-state index contributed by atoms with van der Waals surface area (Å²) in [6, 6.07) is 18.0. The number of nitrogens with two attached hydrogens (primary N) is 1. The second kappa shape index (κ2) is 26.2. The van der Waals surface area contributed by atoms with Gasteiger partial charge in [0.1, 0.15) is 32.5 Å². The highest BCUT2D eigenvalue weighted by atomic mass is 35.5. The molecular weight excluding hydrogens is 1200 g/mol. The molecule has 0 amide bonds. The maximum atomic E-state index is 12.9. The molecule has 11 N–H and O–H groups in total. The third kappa shape index (κ3) is 14.9. The van der Waals surface area contributed by atoms with Crippen LogP contribution >= 0.6 is 60.1 Å². The van der Waals surface area contributed by atoms with Gasteiger partial charge < -0.3 is 21.5 Å². The number of hydrogen-bond acceptors (Lipinski definition) is 34. The predicted molar refractivity (Wildman–Crippen MR) is 269 cm³/mol. The maximum absolute atomic E-state index is 12.9. The first kappa shape index (κ1) is 58.9. The Balaban J connectivity index is 1.24. The molecule has 6 aromatic carbocycles. The van der Waals surface area contributed by atoms with Crippen LogP contribution < -0.4 is 16.4 Å². The number of rotatable bonds is 26. The third-order valence-corrected chi connectivity index (χ3v) is 15.6. The number of sulfone groups is 1. The second-order valence-electron chi connectivity index (χ2n) is 14.2. The maximum Gasteiger partial charge on any atom is 0.297 e. The van der Waals surface area contributed by atoms with Gasteiger partial charge in [-0.2, -0.15) is 31.8 Å². The molecule has 0 saturated heterocycles. The molecule has 0 fully saturated rings. The zero-order valence-electron chi connectivity index (χ0n) is 37.2. The average molecular weight is 1230 g/mol. The number of nitrogens with zero attached hydrogens (tertiary/aromatic N) is 7. The van der Waals surface area contributed by atoms with Crippen molar-refractivity contribution in [2.45, 2.75) is 29.4 Å². The van der Waals surface area contributed by atoms with Crippen LogP contribution in [0.5, 0.6) is 5.75 Å². The SMILES string of the molecule is Nc1c(N=Nc2cc(Nc3nc(Cl)nc(Nc4ccc(S(=O)(=O)CCOSOOO)cc4)n3)ccc2SOOO)c(S(=O)(=O)O)cc2cc(SOOO)c(N=Nc3ccc4c(SOOO)cccc4c3S(=O)(=O)O)c(O)c12. The highest BCUT2D eigenvalue weighted by molar-refractivity contribution is 7.95. The van der Waals surface area contributed by atoms with Crippen LogP contribution in [0, 0.1) is 0 Å². The summed E-state index contributed by atoms with van der Waals surface area (Å²) in [5.41, 5.74) is 4.20. The van der Waals surface area contributed by atoms with Crippen molar-refractivity contribution in [3.8, 4) is 5.75 Å². The Morgan fingerprint density at radius 3 is 1.88 bits per heavy atom. The van der Waals surface area contributed by atoms with Gasteiger partial charge in [0.25, 0.3) is 20.2 Å². The van der Waals surface area contributed by atoms with E-state index in [1.807, 2.05) is 0 Å². The van der Waals surface area contributed by atoms with Gasteiger partial charge in [0.15, 0.2) is 27.9 Å². The summed E-state index contributed by atoms with van der Waals surface area (Å²) in [7, 11) is -14.2. The van der Waals surface area contributed by atoms with Crippen LogP contribution in [0.4, 0.5) is 51.7 Å². The Kier molecular flexibility index (Phi) is 20.0. The summed E-state index contributed by atoms with van der Waals surface area (Å²) in [5, 5.41) is 81.7. The molecule has 1 heterocycles. The number of phenolic OH excluding ortho intramolecular Hbond substituents is 1. The molecule has 40 heteroatoms. The molecule has 0 spiro atoms. The van der Waals surface area contributed by atoms with E-state index >= 15 is 0 Å². The van der Waals surface area contributed by atoms with E-state index in [-0.39, 0.29) is 95.3 Å². The van der Waals surface area contributed by atoms with Gasteiger partial charge in [0.2, 0.25) is 17.2 Å². The molecular formula is C37H29ClN10O22S7. The molecule has 0 radical (unpaired) electrons. The number of fused-ring (bicyclic) bond motifs is 2. The first-order chi connectivity index (χ1) is 36.8. The van der Waals surface area contributed by atoms with Gasteiger partial charge in [0.05, 0.1) is 74.2 Å². The first-order valence-electron chi connectivity index (χ1n) is 19.9. The van der Waals surface area contributed by atoms with E-state index in [2.05, 4.69) is 83.5 Å². The molecule has 32 nitrogen and oxygen atoms in total. The van der Waals surface area contributed by atoms with E-state index in [9.17, 15) is 39.5 Å². The van der Waals surface area contributed by atoms with Crippen molar-refractivity contribution in [2.24, 2.45) is 20.5 Å². The number of nitrogens with one attached hydrogen (secondary N) is 2. The number of benzene rings is 6. The van der Waals surface area contributed by atoms with Crippen LogP contribution in [0.3, 0.4) is 0 Å². The van der Waals surface area contributed by atoms with Gasteiger partial charge in [0, 0.05) is 21.7 Å². The summed E-state index contributed by atoms with van der Waals surface area (Å²) < 4.78 is 120. The van der Waals surface area contributed by atoms with Gasteiger partial charge in [-0.15, -0.1) is 37.8 Å². The quantitative estimate of drug-likeness (QED) is 0.00458. The topological polar surface area (TPSA) is 465 Å². The van der Waals surface area contributed by atoms with Gasteiger partial charge in [-0.05, 0) is 89.1 Å². The first-order valence-corrected chi connectivity index (χ1v) is 27.7.